The minimum Gasteiger partial charge on any atom is -1.00 e. The zero-order valence-electron chi connectivity index (χ0n) is 14.0. The number of hydrogen-bond acceptors (Lipinski definition) is 5. The maximum Gasteiger partial charge on any atom is 0.269 e. The van der Waals surface area contributed by atoms with Crippen molar-refractivity contribution in [2.45, 2.75) is 13.8 Å². The molecule has 25 heavy (non-hydrogen) atoms. The number of hydrogen-bond donors (Lipinski definition) is 0. The average Bonchev–Trinajstić information content (AvgIpc) is 2.62. The van der Waals surface area contributed by atoms with Crippen LogP contribution in [-0.2, 0) is 0 Å². The van der Waals surface area contributed by atoms with Crippen LogP contribution in [0.1, 0.15) is 13.8 Å². The van der Waals surface area contributed by atoms with Gasteiger partial charge in [-0.1, -0.05) is 12.1 Å². The van der Waals surface area contributed by atoms with Crippen molar-refractivity contribution in [3.05, 3.63) is 58.6 Å². The monoisotopic (exact) mass is 357 g/mol. The number of fused-ring (bicyclic) bond motifs is 1. The highest BCUT2D eigenvalue weighted by Gasteiger charge is 2.14. The second-order valence-corrected chi connectivity index (χ2v) is 5.36. The lowest BCUT2D eigenvalue weighted by Crippen LogP contribution is -3.00. The molecular weight excluding hydrogens is 340 g/mol. The third-order valence-electron chi connectivity index (χ3n) is 3.98. The van der Waals surface area contributed by atoms with Crippen LogP contribution in [0, 0.1) is 10.1 Å². The number of non-ortho nitro benzene ring substituents is 1. The van der Waals surface area contributed by atoms with Crippen LogP contribution in [0.15, 0.2) is 48.5 Å². The average molecular weight is 358 g/mol. The van der Waals surface area contributed by atoms with E-state index in [1.165, 1.54) is 12.1 Å². The molecule has 0 radical (unpaired) electrons. The Hall–Kier alpha value is -2.73. The summed E-state index contributed by atoms with van der Waals surface area (Å²) in [5.74, 6) is 1.46. The van der Waals surface area contributed by atoms with Crippen LogP contribution in [-0.4, -0.2) is 28.0 Å². The van der Waals surface area contributed by atoms with Gasteiger partial charge in [-0.15, -0.1) is 0 Å². The van der Waals surface area contributed by atoms with Gasteiger partial charge >= 0.3 is 0 Å². The van der Waals surface area contributed by atoms with E-state index >= 15 is 0 Å². The molecule has 0 atom stereocenters. The number of rotatable bonds is 5. The molecule has 0 amide bonds. The molecule has 0 saturated carbocycles. The number of nitro groups is 1. The van der Waals surface area contributed by atoms with Crippen LogP contribution in [0.3, 0.4) is 0 Å². The Labute approximate surface area is 152 Å². The molecule has 0 aliphatic heterocycles. The lowest BCUT2D eigenvalue weighted by molar-refractivity contribution is -0.384. The first-order chi connectivity index (χ1) is 11.6. The Bertz CT molecular complexity index is 880. The third-order valence-corrected chi connectivity index (χ3v) is 3.98. The molecule has 1 heterocycles. The standard InChI is InChI=1S/C18H18N4O2.ClH/c1-3-21(4-2)18-15-7-5-6-8-16(15)19-17(20-18)13-9-11-14(12-10-13)22(23)24;/h5-12H,3-4H2,1-2H3;1H/p-1. The first-order valence-corrected chi connectivity index (χ1v) is 7.90. The van der Waals surface area contributed by atoms with Crippen LogP contribution in [0.5, 0.6) is 0 Å². The molecule has 0 N–H and O–H groups in total. The molecule has 0 fully saturated rings. The minimum absolute atomic E-state index is 0. The zero-order valence-corrected chi connectivity index (χ0v) is 14.8. The van der Waals surface area contributed by atoms with Gasteiger partial charge in [-0.3, -0.25) is 10.1 Å². The molecule has 0 aliphatic rings. The van der Waals surface area contributed by atoms with E-state index in [1.807, 2.05) is 24.3 Å². The summed E-state index contributed by atoms with van der Waals surface area (Å²) in [5, 5.41) is 11.8. The quantitative estimate of drug-likeness (QED) is 0.504. The number of aromatic nitrogens is 2. The fourth-order valence-corrected chi connectivity index (χ4v) is 2.69. The molecule has 0 bridgehead atoms. The summed E-state index contributed by atoms with van der Waals surface area (Å²) in [7, 11) is 0. The second-order valence-electron chi connectivity index (χ2n) is 5.36. The van der Waals surface area contributed by atoms with Gasteiger partial charge in [0.1, 0.15) is 5.82 Å². The van der Waals surface area contributed by atoms with Crippen LogP contribution < -0.4 is 17.3 Å². The Balaban J connectivity index is 0.00000225. The Morgan fingerprint density at radius 1 is 1.00 bits per heavy atom. The van der Waals surface area contributed by atoms with Crippen molar-refractivity contribution >= 4 is 22.4 Å². The summed E-state index contributed by atoms with van der Waals surface area (Å²) < 4.78 is 0. The summed E-state index contributed by atoms with van der Waals surface area (Å²) in [5.41, 5.74) is 1.69. The molecule has 3 rings (SSSR count). The summed E-state index contributed by atoms with van der Waals surface area (Å²) in [6.07, 6.45) is 0. The van der Waals surface area contributed by atoms with E-state index in [9.17, 15) is 10.1 Å². The normalized spacial score (nSPS) is 10.3. The molecule has 6 nitrogen and oxygen atoms in total. The fourth-order valence-electron chi connectivity index (χ4n) is 2.69. The van der Waals surface area contributed by atoms with Crippen molar-refractivity contribution in [2.24, 2.45) is 0 Å². The van der Waals surface area contributed by atoms with Gasteiger partial charge in [-0.05, 0) is 38.1 Å². The van der Waals surface area contributed by atoms with E-state index in [0.29, 0.717) is 5.82 Å². The van der Waals surface area contributed by atoms with E-state index in [4.69, 9.17) is 4.98 Å². The van der Waals surface area contributed by atoms with Crippen molar-refractivity contribution in [3.8, 4) is 11.4 Å². The van der Waals surface area contributed by atoms with E-state index in [-0.39, 0.29) is 18.1 Å². The molecule has 2 aromatic carbocycles. The molecule has 130 valence electrons. The summed E-state index contributed by atoms with van der Waals surface area (Å²) in [4.78, 5) is 21.9. The van der Waals surface area contributed by atoms with Crippen molar-refractivity contribution in [2.75, 3.05) is 18.0 Å². The highest BCUT2D eigenvalue weighted by molar-refractivity contribution is 5.91. The number of para-hydroxylation sites is 1. The smallest absolute Gasteiger partial charge is 0.269 e. The SMILES string of the molecule is CCN(CC)c1nc(-c2ccc([N+](=O)[O-])cc2)nc2ccccc12.[Cl-]. The van der Waals surface area contributed by atoms with Gasteiger partial charge in [0.2, 0.25) is 0 Å². The van der Waals surface area contributed by atoms with Crippen LogP contribution in [0.2, 0.25) is 0 Å². The first kappa shape index (κ1) is 18.6. The van der Waals surface area contributed by atoms with Gasteiger partial charge in [0, 0.05) is 36.2 Å². The number of anilines is 1. The molecule has 0 aliphatic carbocycles. The number of halogens is 1. The maximum atomic E-state index is 10.8. The number of nitrogens with zero attached hydrogens (tertiary/aromatic N) is 4. The number of nitro benzene ring substituents is 1. The minimum atomic E-state index is -0.410. The lowest BCUT2D eigenvalue weighted by Gasteiger charge is -2.22. The summed E-state index contributed by atoms with van der Waals surface area (Å²) in [6.45, 7) is 5.87. The molecule has 1 aromatic heterocycles. The highest BCUT2D eigenvalue weighted by atomic mass is 35.5. The third kappa shape index (κ3) is 3.69. The van der Waals surface area contributed by atoms with Crippen LogP contribution in [0.25, 0.3) is 22.3 Å². The molecule has 0 spiro atoms. The Morgan fingerprint density at radius 3 is 2.24 bits per heavy atom. The van der Waals surface area contributed by atoms with Gasteiger partial charge in [-0.25, -0.2) is 9.97 Å². The van der Waals surface area contributed by atoms with Gasteiger partial charge in [0.25, 0.3) is 5.69 Å². The van der Waals surface area contributed by atoms with Crippen LogP contribution >= 0.6 is 0 Å². The van der Waals surface area contributed by atoms with E-state index in [0.717, 1.165) is 35.4 Å². The summed E-state index contributed by atoms with van der Waals surface area (Å²) in [6, 6.07) is 14.2. The Kier molecular flexibility index (Phi) is 5.88. The molecule has 0 unspecified atom stereocenters. The largest absolute Gasteiger partial charge is 1.00 e. The first-order valence-electron chi connectivity index (χ1n) is 7.90. The predicted molar refractivity (Wildman–Crippen MR) is 95.2 cm³/mol. The van der Waals surface area contributed by atoms with Crippen molar-refractivity contribution in [1.29, 1.82) is 0 Å². The van der Waals surface area contributed by atoms with E-state index in [2.05, 4.69) is 23.7 Å². The van der Waals surface area contributed by atoms with Crippen LogP contribution in [0.4, 0.5) is 11.5 Å². The van der Waals surface area contributed by atoms with E-state index in [1.54, 1.807) is 12.1 Å². The second kappa shape index (κ2) is 7.90. The lowest BCUT2D eigenvalue weighted by atomic mass is 10.1. The fraction of sp³-hybridized carbons (Fsp3) is 0.222. The molecular formula is C18H18ClN4O2-. The van der Waals surface area contributed by atoms with E-state index < -0.39 is 4.92 Å². The van der Waals surface area contributed by atoms with Gasteiger partial charge in [0.05, 0.1) is 10.4 Å². The van der Waals surface area contributed by atoms with Gasteiger partial charge in [0.15, 0.2) is 5.82 Å². The number of benzene rings is 2. The van der Waals surface area contributed by atoms with Crippen molar-refractivity contribution in [3.63, 3.8) is 0 Å². The van der Waals surface area contributed by atoms with Crippen molar-refractivity contribution in [1.82, 2.24) is 9.97 Å². The topological polar surface area (TPSA) is 72.2 Å². The van der Waals surface area contributed by atoms with Gasteiger partial charge in [-0.2, -0.15) is 0 Å². The Morgan fingerprint density at radius 2 is 1.64 bits per heavy atom. The van der Waals surface area contributed by atoms with Crippen molar-refractivity contribution < 1.29 is 17.3 Å². The predicted octanol–water partition coefficient (Wildman–Crippen LogP) is 1.06. The summed E-state index contributed by atoms with van der Waals surface area (Å²) >= 11 is 0. The molecule has 0 saturated heterocycles. The zero-order chi connectivity index (χ0) is 17.1. The van der Waals surface area contributed by atoms with Gasteiger partial charge < -0.3 is 17.3 Å². The molecule has 7 heteroatoms. The molecule has 3 aromatic rings. The maximum absolute atomic E-state index is 10.8. The highest BCUT2D eigenvalue weighted by Crippen LogP contribution is 2.28.